The number of hydrogen-bond donors (Lipinski definition) is 1. The number of phenols is 1. The number of halogens is 4. The summed E-state index contributed by atoms with van der Waals surface area (Å²) in [6.07, 6.45) is -2.66. The van der Waals surface area contributed by atoms with Gasteiger partial charge in [0.2, 0.25) is 0 Å². The first-order valence-electron chi connectivity index (χ1n) is 5.07. The maximum absolute atomic E-state index is 12.3. The standard InChI is InChI=1S/C11H11Cl2F2NO2/c12-3-4-16(6-10(14)15)11(18)8-2-1-7(13)5-9(8)17/h1-2,5,10,17H,3-4,6H2. The second kappa shape index (κ2) is 6.75. The molecule has 1 rings (SSSR count). The first-order chi connectivity index (χ1) is 8.45. The van der Waals surface area contributed by atoms with Crippen molar-refractivity contribution in [2.24, 2.45) is 0 Å². The van der Waals surface area contributed by atoms with E-state index in [4.69, 9.17) is 23.2 Å². The molecule has 0 saturated carbocycles. The highest BCUT2D eigenvalue weighted by molar-refractivity contribution is 6.30. The van der Waals surface area contributed by atoms with Crippen molar-refractivity contribution in [1.82, 2.24) is 4.90 Å². The summed E-state index contributed by atoms with van der Waals surface area (Å²) in [7, 11) is 0. The van der Waals surface area contributed by atoms with Crippen LogP contribution in [0.5, 0.6) is 5.75 Å². The third-order valence-corrected chi connectivity index (χ3v) is 2.59. The Morgan fingerprint density at radius 3 is 2.61 bits per heavy atom. The summed E-state index contributed by atoms with van der Waals surface area (Å²) in [5.74, 6) is -1.02. The van der Waals surface area contributed by atoms with E-state index in [9.17, 15) is 18.7 Å². The van der Waals surface area contributed by atoms with Crippen LogP contribution in [0.25, 0.3) is 0 Å². The molecule has 1 aromatic carbocycles. The Balaban J connectivity index is 2.94. The largest absolute Gasteiger partial charge is 0.507 e. The van der Waals surface area contributed by atoms with Gasteiger partial charge in [-0.25, -0.2) is 8.78 Å². The Bertz CT molecular complexity index is 430. The summed E-state index contributed by atoms with van der Waals surface area (Å²) in [6, 6.07) is 3.86. The first kappa shape index (κ1) is 15.0. The Labute approximate surface area is 113 Å². The summed E-state index contributed by atoms with van der Waals surface area (Å²) in [5, 5.41) is 9.81. The number of nitrogens with zero attached hydrogens (tertiary/aromatic N) is 1. The molecule has 0 aliphatic heterocycles. The van der Waals surface area contributed by atoms with Gasteiger partial charge in [0.05, 0.1) is 12.1 Å². The summed E-state index contributed by atoms with van der Waals surface area (Å²) in [4.78, 5) is 12.8. The lowest BCUT2D eigenvalue weighted by atomic mass is 10.1. The molecule has 0 radical (unpaired) electrons. The highest BCUT2D eigenvalue weighted by atomic mass is 35.5. The Morgan fingerprint density at radius 1 is 1.44 bits per heavy atom. The maximum Gasteiger partial charge on any atom is 0.257 e. The molecule has 1 N–H and O–H groups in total. The third-order valence-electron chi connectivity index (χ3n) is 2.19. The smallest absolute Gasteiger partial charge is 0.257 e. The van der Waals surface area contributed by atoms with Crippen molar-refractivity contribution < 1.29 is 18.7 Å². The fourth-order valence-electron chi connectivity index (χ4n) is 1.40. The lowest BCUT2D eigenvalue weighted by molar-refractivity contribution is 0.0568. The van der Waals surface area contributed by atoms with E-state index in [-0.39, 0.29) is 28.8 Å². The summed E-state index contributed by atoms with van der Waals surface area (Å²) >= 11 is 11.1. The number of phenolic OH excluding ortho intramolecular Hbond substituents is 1. The van der Waals surface area contributed by atoms with Crippen LogP contribution in [0, 0.1) is 0 Å². The normalized spacial score (nSPS) is 10.7. The van der Waals surface area contributed by atoms with E-state index in [1.165, 1.54) is 18.2 Å². The molecular weight excluding hydrogens is 287 g/mol. The molecule has 0 fully saturated rings. The van der Waals surface area contributed by atoms with Crippen molar-refractivity contribution in [1.29, 1.82) is 0 Å². The number of rotatable bonds is 5. The van der Waals surface area contributed by atoms with Gasteiger partial charge < -0.3 is 10.0 Å². The number of aromatic hydroxyl groups is 1. The SMILES string of the molecule is O=C(c1ccc(Cl)cc1O)N(CCCl)CC(F)F. The average Bonchev–Trinajstić information content (AvgIpc) is 2.27. The molecule has 18 heavy (non-hydrogen) atoms. The maximum atomic E-state index is 12.3. The van der Waals surface area contributed by atoms with Crippen molar-refractivity contribution >= 4 is 29.1 Å². The molecule has 0 atom stereocenters. The van der Waals surface area contributed by atoms with Gasteiger partial charge in [0, 0.05) is 17.4 Å². The highest BCUT2D eigenvalue weighted by Gasteiger charge is 2.21. The van der Waals surface area contributed by atoms with Crippen molar-refractivity contribution in [2.75, 3.05) is 19.0 Å². The lowest BCUT2D eigenvalue weighted by Crippen LogP contribution is -2.36. The zero-order chi connectivity index (χ0) is 13.7. The molecule has 0 aliphatic rings. The monoisotopic (exact) mass is 297 g/mol. The Hall–Kier alpha value is -1.07. The highest BCUT2D eigenvalue weighted by Crippen LogP contribution is 2.23. The minimum atomic E-state index is -2.66. The molecule has 100 valence electrons. The van der Waals surface area contributed by atoms with Gasteiger partial charge in [-0.15, -0.1) is 11.6 Å². The van der Waals surface area contributed by atoms with Crippen LogP contribution in [0.1, 0.15) is 10.4 Å². The Kier molecular flexibility index (Phi) is 5.62. The van der Waals surface area contributed by atoms with E-state index in [0.717, 1.165) is 4.90 Å². The molecule has 1 amide bonds. The van der Waals surface area contributed by atoms with Crippen LogP contribution in [0.3, 0.4) is 0 Å². The van der Waals surface area contributed by atoms with E-state index in [1.54, 1.807) is 0 Å². The van der Waals surface area contributed by atoms with Gasteiger partial charge in [-0.3, -0.25) is 4.79 Å². The average molecular weight is 298 g/mol. The predicted molar refractivity (Wildman–Crippen MR) is 65.7 cm³/mol. The fourth-order valence-corrected chi connectivity index (χ4v) is 1.77. The third kappa shape index (κ3) is 3.99. The minimum Gasteiger partial charge on any atom is -0.507 e. The van der Waals surface area contributed by atoms with Gasteiger partial charge in [-0.2, -0.15) is 0 Å². The fraction of sp³-hybridized carbons (Fsp3) is 0.364. The van der Waals surface area contributed by atoms with Gasteiger partial charge in [-0.05, 0) is 18.2 Å². The van der Waals surface area contributed by atoms with Gasteiger partial charge in [-0.1, -0.05) is 11.6 Å². The topological polar surface area (TPSA) is 40.5 Å². The minimum absolute atomic E-state index is 0.0210. The van der Waals surface area contributed by atoms with E-state index >= 15 is 0 Å². The van der Waals surface area contributed by atoms with Crippen LogP contribution >= 0.6 is 23.2 Å². The summed E-state index contributed by atoms with van der Waals surface area (Å²) in [5.41, 5.74) is -0.0785. The van der Waals surface area contributed by atoms with Crippen molar-refractivity contribution in [3.8, 4) is 5.75 Å². The van der Waals surface area contributed by atoms with Gasteiger partial charge in [0.1, 0.15) is 5.75 Å². The zero-order valence-corrected chi connectivity index (χ0v) is 10.8. The second-order valence-electron chi connectivity index (χ2n) is 3.49. The van der Waals surface area contributed by atoms with Crippen LogP contribution < -0.4 is 0 Å². The summed E-state index contributed by atoms with van der Waals surface area (Å²) in [6.45, 7) is -0.750. The number of alkyl halides is 3. The molecular formula is C11H11Cl2F2NO2. The molecule has 3 nitrogen and oxygen atoms in total. The Morgan fingerprint density at radius 2 is 2.11 bits per heavy atom. The molecule has 0 aromatic heterocycles. The predicted octanol–water partition coefficient (Wildman–Crippen LogP) is 2.99. The molecule has 7 heteroatoms. The quantitative estimate of drug-likeness (QED) is 0.849. The summed E-state index contributed by atoms with van der Waals surface area (Å²) < 4.78 is 24.7. The van der Waals surface area contributed by atoms with Gasteiger partial charge in [0.25, 0.3) is 12.3 Å². The number of amides is 1. The van der Waals surface area contributed by atoms with Crippen LogP contribution in [0.2, 0.25) is 5.02 Å². The zero-order valence-electron chi connectivity index (χ0n) is 9.25. The van der Waals surface area contributed by atoms with Crippen LogP contribution in [-0.4, -0.2) is 41.3 Å². The lowest BCUT2D eigenvalue weighted by Gasteiger charge is -2.21. The molecule has 0 spiro atoms. The van der Waals surface area contributed by atoms with Crippen LogP contribution in [-0.2, 0) is 0 Å². The van der Waals surface area contributed by atoms with E-state index in [0.29, 0.717) is 0 Å². The van der Waals surface area contributed by atoms with E-state index < -0.39 is 18.9 Å². The van der Waals surface area contributed by atoms with E-state index in [1.807, 2.05) is 0 Å². The molecule has 0 aliphatic carbocycles. The van der Waals surface area contributed by atoms with Gasteiger partial charge in [0.15, 0.2) is 0 Å². The van der Waals surface area contributed by atoms with E-state index in [2.05, 4.69) is 0 Å². The van der Waals surface area contributed by atoms with Crippen molar-refractivity contribution in [2.45, 2.75) is 6.43 Å². The molecule has 0 unspecified atom stereocenters. The molecule has 0 bridgehead atoms. The molecule has 0 saturated heterocycles. The number of hydrogen-bond acceptors (Lipinski definition) is 2. The second-order valence-corrected chi connectivity index (χ2v) is 4.31. The van der Waals surface area contributed by atoms with Crippen molar-refractivity contribution in [3.63, 3.8) is 0 Å². The van der Waals surface area contributed by atoms with Crippen molar-refractivity contribution in [3.05, 3.63) is 28.8 Å². The number of carbonyl (C=O) groups is 1. The van der Waals surface area contributed by atoms with Crippen LogP contribution in [0.4, 0.5) is 8.78 Å². The molecule has 0 heterocycles. The van der Waals surface area contributed by atoms with Crippen LogP contribution in [0.15, 0.2) is 18.2 Å². The van der Waals surface area contributed by atoms with Gasteiger partial charge >= 0.3 is 0 Å². The number of benzene rings is 1. The first-order valence-corrected chi connectivity index (χ1v) is 5.99. The number of carbonyl (C=O) groups excluding carboxylic acids is 1. The molecule has 1 aromatic rings.